The third kappa shape index (κ3) is 4.07. The maximum atomic E-state index is 12.2. The summed E-state index contributed by atoms with van der Waals surface area (Å²) in [6.07, 6.45) is 1.41. The number of rotatable bonds is 6. The maximum absolute atomic E-state index is 12.2. The molecule has 0 amide bonds. The fourth-order valence-corrected chi connectivity index (χ4v) is 3.37. The van der Waals surface area contributed by atoms with E-state index in [1.54, 1.807) is 14.2 Å². The molecule has 25 heavy (non-hydrogen) atoms. The van der Waals surface area contributed by atoms with Crippen molar-refractivity contribution in [3.63, 3.8) is 0 Å². The lowest BCUT2D eigenvalue weighted by Gasteiger charge is -2.16. The van der Waals surface area contributed by atoms with E-state index in [4.69, 9.17) is 25.8 Å². The van der Waals surface area contributed by atoms with Crippen LogP contribution in [0.3, 0.4) is 0 Å². The van der Waals surface area contributed by atoms with Crippen molar-refractivity contribution in [2.45, 2.75) is 12.8 Å². The fourth-order valence-electron chi connectivity index (χ4n) is 3.24. The number of hydrogen-bond acceptors (Lipinski definition) is 4. The Morgan fingerprint density at radius 2 is 1.68 bits per heavy atom. The number of halogens is 1. The van der Waals surface area contributed by atoms with Crippen LogP contribution >= 0.6 is 11.6 Å². The van der Waals surface area contributed by atoms with E-state index >= 15 is 0 Å². The molecule has 5 heteroatoms. The molecule has 4 nitrogen and oxygen atoms in total. The summed E-state index contributed by atoms with van der Waals surface area (Å²) in [4.78, 5) is 12.2. The van der Waals surface area contributed by atoms with Crippen molar-refractivity contribution in [1.82, 2.24) is 0 Å². The number of esters is 1. The number of carbonyl (C=O) groups excluding carboxylic acids is 1. The lowest BCUT2D eigenvalue weighted by atomic mass is 9.85. The van der Waals surface area contributed by atoms with E-state index in [1.165, 1.54) is 0 Å². The zero-order valence-electron chi connectivity index (χ0n) is 14.3. The molecule has 0 saturated carbocycles. The Balaban J connectivity index is 1.74. The normalized spacial score (nSPS) is 19.6. The molecule has 0 aliphatic carbocycles. The van der Waals surface area contributed by atoms with Gasteiger partial charge in [0.15, 0.2) is 11.5 Å². The van der Waals surface area contributed by atoms with Crippen LogP contribution in [0.15, 0.2) is 42.5 Å². The summed E-state index contributed by atoms with van der Waals surface area (Å²) in [6, 6.07) is 13.5. The minimum atomic E-state index is -0.144. The highest BCUT2D eigenvalue weighted by molar-refractivity contribution is 6.30. The summed E-state index contributed by atoms with van der Waals surface area (Å²) in [7, 11) is 3.23. The summed E-state index contributed by atoms with van der Waals surface area (Å²) in [5.74, 6) is 1.26. The van der Waals surface area contributed by atoms with Crippen molar-refractivity contribution in [1.29, 1.82) is 0 Å². The average Bonchev–Trinajstić information content (AvgIpc) is 2.96. The number of ether oxygens (including phenoxy) is 3. The van der Waals surface area contributed by atoms with Crippen molar-refractivity contribution in [2.24, 2.45) is 11.8 Å². The molecule has 0 aromatic heterocycles. The number of hydrogen-bond donors (Lipinski definition) is 0. The third-order valence-corrected chi connectivity index (χ3v) is 4.88. The van der Waals surface area contributed by atoms with Crippen LogP contribution in [-0.4, -0.2) is 26.8 Å². The molecule has 0 unspecified atom stereocenters. The van der Waals surface area contributed by atoms with E-state index in [2.05, 4.69) is 0 Å². The van der Waals surface area contributed by atoms with Crippen LogP contribution in [0, 0.1) is 11.8 Å². The van der Waals surface area contributed by atoms with E-state index in [0.717, 1.165) is 17.5 Å². The van der Waals surface area contributed by atoms with Crippen LogP contribution in [0.5, 0.6) is 11.5 Å². The molecular weight excluding hydrogens is 340 g/mol. The first-order chi connectivity index (χ1) is 12.1. The molecule has 0 bridgehead atoms. The van der Waals surface area contributed by atoms with Gasteiger partial charge >= 0.3 is 5.97 Å². The predicted octanol–water partition coefficient (Wildman–Crippen LogP) is 3.93. The predicted molar refractivity (Wildman–Crippen MR) is 96.3 cm³/mol. The Labute approximate surface area is 152 Å². The zero-order valence-corrected chi connectivity index (χ0v) is 15.1. The molecule has 1 aliphatic rings. The lowest BCUT2D eigenvalue weighted by molar-refractivity contribution is -0.141. The first kappa shape index (κ1) is 17.6. The molecule has 0 radical (unpaired) electrons. The molecule has 132 valence electrons. The zero-order chi connectivity index (χ0) is 17.8. The smallest absolute Gasteiger partial charge is 0.309 e. The Morgan fingerprint density at radius 3 is 2.36 bits per heavy atom. The van der Waals surface area contributed by atoms with Crippen molar-refractivity contribution < 1.29 is 19.0 Å². The van der Waals surface area contributed by atoms with Gasteiger partial charge in [0.05, 0.1) is 26.7 Å². The second kappa shape index (κ2) is 7.79. The van der Waals surface area contributed by atoms with E-state index < -0.39 is 0 Å². The van der Waals surface area contributed by atoms with Gasteiger partial charge in [-0.2, -0.15) is 0 Å². The van der Waals surface area contributed by atoms with Crippen LogP contribution in [0.2, 0.25) is 5.02 Å². The Hall–Kier alpha value is -2.20. The molecule has 3 rings (SSSR count). The summed E-state index contributed by atoms with van der Waals surface area (Å²) in [6.45, 7) is 0.450. The van der Waals surface area contributed by atoms with Crippen LogP contribution in [0.25, 0.3) is 0 Å². The van der Waals surface area contributed by atoms with Crippen molar-refractivity contribution >= 4 is 17.6 Å². The molecule has 1 aliphatic heterocycles. The molecule has 2 atom stereocenters. The standard InChI is InChI=1S/C20H21ClO4/c1-23-18-8-5-14(11-19(18)24-2)9-15-12-25-20(22)17(15)10-13-3-6-16(21)7-4-13/h3-8,11,15,17H,9-10,12H2,1-2H3/t15-,17+/m1/s1. The summed E-state index contributed by atoms with van der Waals surface area (Å²) < 4.78 is 16.0. The number of methoxy groups -OCH3 is 2. The fraction of sp³-hybridized carbons (Fsp3) is 0.350. The number of carbonyl (C=O) groups is 1. The van der Waals surface area contributed by atoms with Crippen molar-refractivity contribution in [3.05, 3.63) is 58.6 Å². The summed E-state index contributed by atoms with van der Waals surface area (Å²) in [5, 5.41) is 0.694. The molecule has 2 aromatic rings. The van der Waals surface area contributed by atoms with Crippen LogP contribution in [-0.2, 0) is 22.4 Å². The van der Waals surface area contributed by atoms with E-state index in [-0.39, 0.29) is 17.8 Å². The second-order valence-corrected chi connectivity index (χ2v) is 6.66. The van der Waals surface area contributed by atoms with Gasteiger partial charge in [0.1, 0.15) is 0 Å². The molecule has 1 saturated heterocycles. The van der Waals surface area contributed by atoms with E-state index in [1.807, 2.05) is 42.5 Å². The van der Waals surface area contributed by atoms with Gasteiger partial charge in [0.25, 0.3) is 0 Å². The Morgan fingerprint density at radius 1 is 1.00 bits per heavy atom. The molecule has 2 aromatic carbocycles. The highest BCUT2D eigenvalue weighted by atomic mass is 35.5. The van der Waals surface area contributed by atoms with Gasteiger partial charge in [0, 0.05) is 10.9 Å². The van der Waals surface area contributed by atoms with Crippen molar-refractivity contribution in [3.8, 4) is 11.5 Å². The minimum absolute atomic E-state index is 0.125. The molecule has 1 heterocycles. The SMILES string of the molecule is COc1ccc(C[C@@H]2COC(=O)[C@H]2Cc2ccc(Cl)cc2)cc1OC. The Kier molecular flexibility index (Phi) is 5.49. The topological polar surface area (TPSA) is 44.8 Å². The molecular formula is C20H21ClO4. The van der Waals surface area contributed by atoms with Crippen LogP contribution < -0.4 is 9.47 Å². The second-order valence-electron chi connectivity index (χ2n) is 6.22. The largest absolute Gasteiger partial charge is 0.493 e. The van der Waals surface area contributed by atoms with Gasteiger partial charge in [-0.05, 0) is 48.2 Å². The number of benzene rings is 2. The summed E-state index contributed by atoms with van der Waals surface area (Å²) in [5.41, 5.74) is 2.19. The highest BCUT2D eigenvalue weighted by Gasteiger charge is 2.36. The Bertz CT molecular complexity index is 742. The van der Waals surface area contributed by atoms with E-state index in [0.29, 0.717) is 29.5 Å². The minimum Gasteiger partial charge on any atom is -0.493 e. The quantitative estimate of drug-likeness (QED) is 0.732. The number of cyclic esters (lactones) is 1. The van der Waals surface area contributed by atoms with E-state index in [9.17, 15) is 4.79 Å². The monoisotopic (exact) mass is 360 g/mol. The highest BCUT2D eigenvalue weighted by Crippen LogP contribution is 2.33. The van der Waals surface area contributed by atoms with Gasteiger partial charge in [-0.3, -0.25) is 4.79 Å². The first-order valence-corrected chi connectivity index (χ1v) is 8.60. The molecule has 1 fully saturated rings. The molecule has 0 N–H and O–H groups in total. The van der Waals surface area contributed by atoms with Gasteiger partial charge in [-0.25, -0.2) is 0 Å². The van der Waals surface area contributed by atoms with Gasteiger partial charge in [-0.1, -0.05) is 29.8 Å². The summed E-state index contributed by atoms with van der Waals surface area (Å²) >= 11 is 5.93. The lowest BCUT2D eigenvalue weighted by Crippen LogP contribution is -2.20. The first-order valence-electron chi connectivity index (χ1n) is 8.22. The van der Waals surface area contributed by atoms with Crippen LogP contribution in [0.4, 0.5) is 0 Å². The van der Waals surface area contributed by atoms with Crippen molar-refractivity contribution in [2.75, 3.05) is 20.8 Å². The average molecular weight is 361 g/mol. The third-order valence-electron chi connectivity index (χ3n) is 4.63. The van der Waals surface area contributed by atoms with Gasteiger partial charge < -0.3 is 14.2 Å². The maximum Gasteiger partial charge on any atom is 0.309 e. The van der Waals surface area contributed by atoms with Crippen LogP contribution in [0.1, 0.15) is 11.1 Å². The van der Waals surface area contributed by atoms with Gasteiger partial charge in [-0.15, -0.1) is 0 Å². The molecule has 0 spiro atoms. The van der Waals surface area contributed by atoms with Gasteiger partial charge in [0.2, 0.25) is 0 Å².